The molecule has 1 heterocycles. The molecule has 5 rings (SSSR count). The molecule has 0 amide bonds. The number of aryl methyl sites for hydroxylation is 1. The van der Waals surface area contributed by atoms with Gasteiger partial charge < -0.3 is 4.57 Å². The van der Waals surface area contributed by atoms with Gasteiger partial charge in [-0.3, -0.25) is 4.79 Å². The Morgan fingerprint density at radius 1 is 0.645 bits per heavy atom. The van der Waals surface area contributed by atoms with Crippen LogP contribution in [0.1, 0.15) is 22.6 Å². The van der Waals surface area contributed by atoms with Crippen LogP contribution in [0, 0.1) is 11.6 Å². The van der Waals surface area contributed by atoms with Crippen molar-refractivity contribution in [2.75, 3.05) is 0 Å². The van der Waals surface area contributed by atoms with E-state index in [-0.39, 0.29) is 23.0 Å². The van der Waals surface area contributed by atoms with E-state index < -0.39 is 0 Å². The summed E-state index contributed by atoms with van der Waals surface area (Å²) in [5.74, 6) is -0.900. The van der Waals surface area contributed by atoms with E-state index in [1.807, 2.05) is 54.1 Å². The number of pyridine rings is 1. The van der Waals surface area contributed by atoms with Crippen LogP contribution in [0.4, 0.5) is 8.78 Å². The van der Waals surface area contributed by atoms with E-state index >= 15 is 0 Å². The van der Waals surface area contributed by atoms with Gasteiger partial charge >= 0.3 is 0 Å². The normalized spacial score (nSPS) is 11.5. The third kappa shape index (κ3) is 3.30. The van der Waals surface area contributed by atoms with Gasteiger partial charge in [0, 0.05) is 23.7 Å². The highest BCUT2D eigenvalue weighted by atomic mass is 19.1. The fourth-order valence-corrected chi connectivity index (χ4v) is 4.33. The SMILES string of the molecule is Cn1c2ccccc2c(=O)c2cc(C(c3ccc(F)cc3)c3ccc(F)cc3)ccc21. The highest BCUT2D eigenvalue weighted by Crippen LogP contribution is 2.33. The Balaban J connectivity index is 1.77. The first-order valence-corrected chi connectivity index (χ1v) is 10.1. The second-order valence-electron chi connectivity index (χ2n) is 7.72. The first kappa shape index (κ1) is 19.2. The molecule has 0 N–H and O–H groups in total. The molecule has 0 unspecified atom stereocenters. The molecule has 152 valence electrons. The topological polar surface area (TPSA) is 22.0 Å². The molecule has 0 saturated heterocycles. The number of nitrogens with zero attached hydrogens (tertiary/aromatic N) is 1. The summed E-state index contributed by atoms with van der Waals surface area (Å²) in [6.07, 6.45) is 0. The molecule has 0 spiro atoms. The lowest BCUT2D eigenvalue weighted by Crippen LogP contribution is -2.11. The van der Waals surface area contributed by atoms with E-state index in [0.29, 0.717) is 10.8 Å². The summed E-state index contributed by atoms with van der Waals surface area (Å²) >= 11 is 0. The zero-order chi connectivity index (χ0) is 21.5. The van der Waals surface area contributed by atoms with Gasteiger partial charge in [-0.05, 0) is 65.2 Å². The van der Waals surface area contributed by atoms with Gasteiger partial charge in [-0.2, -0.15) is 0 Å². The van der Waals surface area contributed by atoms with Crippen molar-refractivity contribution in [1.82, 2.24) is 4.57 Å². The Bertz CT molecular complexity index is 1420. The molecule has 1 aromatic heterocycles. The van der Waals surface area contributed by atoms with Crippen LogP contribution < -0.4 is 5.43 Å². The maximum atomic E-state index is 13.6. The zero-order valence-corrected chi connectivity index (χ0v) is 16.8. The molecular weight excluding hydrogens is 392 g/mol. The van der Waals surface area contributed by atoms with Gasteiger partial charge in [0.25, 0.3) is 0 Å². The Morgan fingerprint density at radius 3 is 1.77 bits per heavy atom. The van der Waals surface area contributed by atoms with Crippen LogP contribution in [-0.2, 0) is 7.05 Å². The fraction of sp³-hybridized carbons (Fsp3) is 0.0741. The maximum absolute atomic E-state index is 13.6. The zero-order valence-electron chi connectivity index (χ0n) is 16.8. The molecule has 4 aromatic carbocycles. The average Bonchev–Trinajstić information content (AvgIpc) is 2.80. The Labute approximate surface area is 178 Å². The van der Waals surface area contributed by atoms with E-state index in [1.165, 1.54) is 24.3 Å². The highest BCUT2D eigenvalue weighted by Gasteiger charge is 2.19. The molecule has 0 atom stereocenters. The summed E-state index contributed by atoms with van der Waals surface area (Å²) in [6.45, 7) is 0. The molecule has 0 radical (unpaired) electrons. The van der Waals surface area contributed by atoms with Gasteiger partial charge in [-0.15, -0.1) is 0 Å². The first-order valence-electron chi connectivity index (χ1n) is 10.1. The number of para-hydroxylation sites is 1. The summed E-state index contributed by atoms with van der Waals surface area (Å²) in [7, 11) is 1.95. The van der Waals surface area contributed by atoms with Crippen LogP contribution in [-0.4, -0.2) is 4.57 Å². The fourth-order valence-electron chi connectivity index (χ4n) is 4.33. The van der Waals surface area contributed by atoms with Crippen LogP contribution in [0.15, 0.2) is 95.8 Å². The van der Waals surface area contributed by atoms with Crippen molar-refractivity contribution in [3.63, 3.8) is 0 Å². The number of aromatic nitrogens is 1. The number of benzene rings is 4. The van der Waals surface area contributed by atoms with Crippen molar-refractivity contribution < 1.29 is 8.78 Å². The monoisotopic (exact) mass is 411 g/mol. The van der Waals surface area contributed by atoms with Crippen molar-refractivity contribution in [2.45, 2.75) is 5.92 Å². The Kier molecular flexibility index (Phi) is 4.63. The second-order valence-corrected chi connectivity index (χ2v) is 7.72. The van der Waals surface area contributed by atoms with E-state index in [0.717, 1.165) is 27.7 Å². The molecule has 0 saturated carbocycles. The molecule has 0 aliphatic rings. The minimum Gasteiger partial charge on any atom is -0.343 e. The molecule has 0 aliphatic heterocycles. The van der Waals surface area contributed by atoms with Crippen LogP contribution in [0.2, 0.25) is 0 Å². The molecule has 0 bridgehead atoms. The summed E-state index contributed by atoms with van der Waals surface area (Å²) in [5, 5.41) is 1.28. The van der Waals surface area contributed by atoms with Gasteiger partial charge in [0.15, 0.2) is 5.43 Å². The van der Waals surface area contributed by atoms with Crippen LogP contribution in [0.3, 0.4) is 0 Å². The van der Waals surface area contributed by atoms with Crippen LogP contribution >= 0.6 is 0 Å². The quantitative estimate of drug-likeness (QED) is 0.258. The van der Waals surface area contributed by atoms with Gasteiger partial charge in [0.1, 0.15) is 11.6 Å². The van der Waals surface area contributed by atoms with E-state index in [2.05, 4.69) is 0 Å². The van der Waals surface area contributed by atoms with Gasteiger partial charge in [-0.1, -0.05) is 42.5 Å². The molecule has 5 aromatic rings. The van der Waals surface area contributed by atoms with Crippen molar-refractivity contribution in [1.29, 1.82) is 0 Å². The van der Waals surface area contributed by atoms with E-state index in [9.17, 15) is 13.6 Å². The van der Waals surface area contributed by atoms with Crippen LogP contribution in [0.5, 0.6) is 0 Å². The van der Waals surface area contributed by atoms with Crippen molar-refractivity contribution in [2.24, 2.45) is 7.05 Å². The molecule has 4 heteroatoms. The number of fused-ring (bicyclic) bond motifs is 2. The summed E-state index contributed by atoms with van der Waals surface area (Å²) in [6, 6.07) is 26.0. The predicted octanol–water partition coefficient (Wildman–Crippen LogP) is 6.15. The number of rotatable bonds is 3. The molecule has 2 nitrogen and oxygen atoms in total. The number of hydrogen-bond acceptors (Lipinski definition) is 1. The lowest BCUT2D eigenvalue weighted by Gasteiger charge is -2.20. The molecule has 0 aliphatic carbocycles. The first-order chi connectivity index (χ1) is 15.0. The molecular formula is C27H19F2NO. The summed E-state index contributed by atoms with van der Waals surface area (Å²) < 4.78 is 29.2. The third-order valence-corrected chi connectivity index (χ3v) is 5.88. The lowest BCUT2D eigenvalue weighted by molar-refractivity contribution is 0.626. The minimum absolute atomic E-state index is 0.0255. The largest absolute Gasteiger partial charge is 0.343 e. The average molecular weight is 411 g/mol. The number of halogens is 2. The smallest absolute Gasteiger partial charge is 0.197 e. The number of hydrogen-bond donors (Lipinski definition) is 0. The van der Waals surface area contributed by atoms with Crippen LogP contribution in [0.25, 0.3) is 21.8 Å². The maximum Gasteiger partial charge on any atom is 0.197 e. The summed E-state index contributed by atoms with van der Waals surface area (Å²) in [5.41, 5.74) is 4.31. The predicted molar refractivity (Wildman–Crippen MR) is 120 cm³/mol. The van der Waals surface area contributed by atoms with Gasteiger partial charge in [-0.25, -0.2) is 8.78 Å². The van der Waals surface area contributed by atoms with Gasteiger partial charge in [0.05, 0.1) is 11.0 Å². The standard InChI is InChI=1S/C27H19F2NO/c1-30-24-5-3-2-4-22(24)27(31)23-16-19(10-15-25(23)30)26(17-6-11-20(28)12-7-17)18-8-13-21(29)14-9-18/h2-16,26H,1H3. The summed E-state index contributed by atoms with van der Waals surface area (Å²) in [4.78, 5) is 13.3. The van der Waals surface area contributed by atoms with E-state index in [1.54, 1.807) is 24.3 Å². The van der Waals surface area contributed by atoms with Crippen molar-refractivity contribution in [3.8, 4) is 0 Å². The third-order valence-electron chi connectivity index (χ3n) is 5.88. The minimum atomic E-state index is -0.319. The molecule has 31 heavy (non-hydrogen) atoms. The lowest BCUT2D eigenvalue weighted by atomic mass is 9.84. The Hall–Kier alpha value is -3.79. The Morgan fingerprint density at radius 2 is 1.16 bits per heavy atom. The van der Waals surface area contributed by atoms with Gasteiger partial charge in [0.2, 0.25) is 0 Å². The second kappa shape index (κ2) is 7.47. The molecule has 0 fully saturated rings. The highest BCUT2D eigenvalue weighted by molar-refractivity contribution is 5.93. The van der Waals surface area contributed by atoms with E-state index in [4.69, 9.17) is 0 Å². The van der Waals surface area contributed by atoms with Crippen molar-refractivity contribution in [3.05, 3.63) is 130 Å². The van der Waals surface area contributed by atoms with Crippen molar-refractivity contribution >= 4 is 21.8 Å².